The SMILES string of the molecule is C[C@H](CNC(=O)c1cc(-c2ccccc2)on1)N1CCCCC1. The maximum absolute atomic E-state index is 12.2. The first-order valence-corrected chi connectivity index (χ1v) is 8.28. The molecule has 1 atom stereocenters. The van der Waals surface area contributed by atoms with Crippen LogP contribution in [0.15, 0.2) is 40.9 Å². The number of nitrogens with one attached hydrogen (secondary N) is 1. The van der Waals surface area contributed by atoms with Crippen molar-refractivity contribution in [2.75, 3.05) is 19.6 Å². The van der Waals surface area contributed by atoms with Crippen molar-refractivity contribution in [3.05, 3.63) is 42.1 Å². The van der Waals surface area contributed by atoms with Crippen molar-refractivity contribution in [2.24, 2.45) is 0 Å². The van der Waals surface area contributed by atoms with E-state index in [0.717, 1.165) is 18.7 Å². The van der Waals surface area contributed by atoms with Crippen molar-refractivity contribution in [3.63, 3.8) is 0 Å². The molecule has 1 aromatic heterocycles. The number of benzene rings is 1. The van der Waals surface area contributed by atoms with Crippen molar-refractivity contribution < 1.29 is 9.32 Å². The summed E-state index contributed by atoms with van der Waals surface area (Å²) in [7, 11) is 0. The Morgan fingerprint density at radius 1 is 1.26 bits per heavy atom. The molecule has 1 amide bonds. The fourth-order valence-corrected chi connectivity index (χ4v) is 2.94. The van der Waals surface area contributed by atoms with E-state index in [1.54, 1.807) is 6.07 Å². The lowest BCUT2D eigenvalue weighted by atomic mass is 10.1. The first kappa shape index (κ1) is 15.7. The van der Waals surface area contributed by atoms with Gasteiger partial charge in [-0.3, -0.25) is 9.69 Å². The number of amides is 1. The predicted molar refractivity (Wildman–Crippen MR) is 89.2 cm³/mol. The van der Waals surface area contributed by atoms with Crippen LogP contribution in [0.2, 0.25) is 0 Å². The average molecular weight is 313 g/mol. The minimum absolute atomic E-state index is 0.181. The lowest BCUT2D eigenvalue weighted by Crippen LogP contribution is -2.44. The van der Waals surface area contributed by atoms with E-state index in [0.29, 0.717) is 24.0 Å². The van der Waals surface area contributed by atoms with Crippen molar-refractivity contribution in [1.82, 2.24) is 15.4 Å². The summed E-state index contributed by atoms with van der Waals surface area (Å²) in [6.45, 7) is 5.04. The van der Waals surface area contributed by atoms with Gasteiger partial charge in [0.05, 0.1) is 0 Å². The summed E-state index contributed by atoms with van der Waals surface area (Å²) >= 11 is 0. The molecule has 0 radical (unpaired) electrons. The minimum atomic E-state index is -0.181. The Bertz CT molecular complexity index is 633. The number of nitrogens with zero attached hydrogens (tertiary/aromatic N) is 2. The molecule has 23 heavy (non-hydrogen) atoms. The first-order valence-electron chi connectivity index (χ1n) is 8.28. The summed E-state index contributed by atoms with van der Waals surface area (Å²) in [5, 5.41) is 6.84. The number of hydrogen-bond donors (Lipinski definition) is 1. The van der Waals surface area contributed by atoms with Crippen LogP contribution in [0, 0.1) is 0 Å². The Morgan fingerprint density at radius 3 is 2.74 bits per heavy atom. The van der Waals surface area contributed by atoms with Gasteiger partial charge >= 0.3 is 0 Å². The number of carbonyl (C=O) groups excluding carboxylic acids is 1. The van der Waals surface area contributed by atoms with Gasteiger partial charge < -0.3 is 9.84 Å². The molecule has 1 saturated heterocycles. The Balaban J connectivity index is 1.55. The number of carbonyl (C=O) groups is 1. The predicted octanol–water partition coefficient (Wildman–Crippen LogP) is 2.95. The van der Waals surface area contributed by atoms with Crippen LogP contribution >= 0.6 is 0 Å². The highest BCUT2D eigenvalue weighted by Gasteiger charge is 2.19. The maximum atomic E-state index is 12.2. The highest BCUT2D eigenvalue weighted by molar-refractivity contribution is 5.93. The van der Waals surface area contributed by atoms with Gasteiger partial charge in [0.25, 0.3) is 5.91 Å². The number of likely N-dealkylation sites (tertiary alicyclic amines) is 1. The Morgan fingerprint density at radius 2 is 2.00 bits per heavy atom. The molecule has 0 unspecified atom stereocenters. The van der Waals surface area contributed by atoms with E-state index >= 15 is 0 Å². The van der Waals surface area contributed by atoms with Crippen molar-refractivity contribution in [2.45, 2.75) is 32.2 Å². The smallest absolute Gasteiger partial charge is 0.273 e. The average Bonchev–Trinajstić information content (AvgIpc) is 3.11. The first-order chi connectivity index (χ1) is 11.2. The van der Waals surface area contributed by atoms with E-state index in [-0.39, 0.29) is 5.91 Å². The van der Waals surface area contributed by atoms with E-state index in [1.165, 1.54) is 19.3 Å². The van der Waals surface area contributed by atoms with Gasteiger partial charge in [-0.05, 0) is 32.9 Å². The third-order valence-corrected chi connectivity index (χ3v) is 4.37. The second-order valence-corrected chi connectivity index (χ2v) is 6.10. The van der Waals surface area contributed by atoms with E-state index in [9.17, 15) is 4.79 Å². The molecular weight excluding hydrogens is 290 g/mol. The van der Waals surface area contributed by atoms with Gasteiger partial charge in [-0.25, -0.2) is 0 Å². The second kappa shape index (κ2) is 7.42. The molecular formula is C18H23N3O2. The molecule has 5 nitrogen and oxygen atoms in total. The highest BCUT2D eigenvalue weighted by Crippen LogP contribution is 2.19. The molecule has 0 bridgehead atoms. The molecule has 2 heterocycles. The van der Waals surface area contributed by atoms with Crippen molar-refractivity contribution in [3.8, 4) is 11.3 Å². The van der Waals surface area contributed by atoms with E-state index in [1.807, 2.05) is 30.3 Å². The van der Waals surface area contributed by atoms with E-state index in [4.69, 9.17) is 4.52 Å². The normalized spacial score (nSPS) is 16.9. The summed E-state index contributed by atoms with van der Waals surface area (Å²) in [5.74, 6) is 0.430. The molecule has 0 spiro atoms. The lowest BCUT2D eigenvalue weighted by molar-refractivity contribution is 0.0921. The summed E-state index contributed by atoms with van der Waals surface area (Å²) in [6.07, 6.45) is 3.82. The largest absolute Gasteiger partial charge is 0.355 e. The van der Waals surface area contributed by atoms with E-state index < -0.39 is 0 Å². The summed E-state index contributed by atoms with van der Waals surface area (Å²) in [5.41, 5.74) is 1.25. The third-order valence-electron chi connectivity index (χ3n) is 4.37. The molecule has 5 heteroatoms. The molecule has 122 valence electrons. The van der Waals surface area contributed by atoms with Gasteiger partial charge in [0.15, 0.2) is 11.5 Å². The third kappa shape index (κ3) is 3.99. The topological polar surface area (TPSA) is 58.4 Å². The lowest BCUT2D eigenvalue weighted by Gasteiger charge is -2.32. The summed E-state index contributed by atoms with van der Waals surface area (Å²) in [4.78, 5) is 14.7. The molecule has 2 aromatic rings. The fourth-order valence-electron chi connectivity index (χ4n) is 2.94. The van der Waals surface area contributed by atoms with Gasteiger partial charge in [-0.2, -0.15) is 0 Å². The van der Waals surface area contributed by atoms with Gasteiger partial charge in [0.1, 0.15) is 0 Å². The maximum Gasteiger partial charge on any atom is 0.273 e. The van der Waals surface area contributed by atoms with Crippen LogP contribution in [0.5, 0.6) is 0 Å². The zero-order chi connectivity index (χ0) is 16.1. The fraction of sp³-hybridized carbons (Fsp3) is 0.444. The molecule has 1 aliphatic heterocycles. The standard InChI is InChI=1S/C18H23N3O2/c1-14(21-10-6-3-7-11-21)13-19-18(22)16-12-17(23-20-16)15-8-4-2-5-9-15/h2,4-5,8-9,12,14H,3,6-7,10-11,13H2,1H3,(H,19,22)/t14-/m1/s1. The van der Waals surface area contributed by atoms with Gasteiger partial charge in [0.2, 0.25) is 0 Å². The Hall–Kier alpha value is -2.14. The number of piperidine rings is 1. The van der Waals surface area contributed by atoms with Gasteiger partial charge in [-0.15, -0.1) is 0 Å². The molecule has 3 rings (SSSR count). The van der Waals surface area contributed by atoms with Crippen molar-refractivity contribution in [1.29, 1.82) is 0 Å². The van der Waals surface area contributed by atoms with Crippen LogP contribution in [0.3, 0.4) is 0 Å². The summed E-state index contributed by atoms with van der Waals surface area (Å²) < 4.78 is 5.27. The monoisotopic (exact) mass is 313 g/mol. The zero-order valence-corrected chi connectivity index (χ0v) is 13.5. The number of rotatable bonds is 5. The highest BCUT2D eigenvalue weighted by atomic mass is 16.5. The van der Waals surface area contributed by atoms with Crippen molar-refractivity contribution >= 4 is 5.91 Å². The molecule has 1 N–H and O–H groups in total. The Labute approximate surface area is 136 Å². The molecule has 1 fully saturated rings. The molecule has 0 aliphatic carbocycles. The Kier molecular flexibility index (Phi) is 5.08. The second-order valence-electron chi connectivity index (χ2n) is 6.10. The molecule has 1 aliphatic rings. The summed E-state index contributed by atoms with van der Waals surface area (Å²) in [6, 6.07) is 11.7. The van der Waals surface area contributed by atoms with Crippen LogP contribution in [0.4, 0.5) is 0 Å². The zero-order valence-electron chi connectivity index (χ0n) is 13.5. The van der Waals surface area contributed by atoms with E-state index in [2.05, 4.69) is 22.3 Å². The molecule has 0 saturated carbocycles. The van der Waals surface area contributed by atoms with Crippen LogP contribution in [0.25, 0.3) is 11.3 Å². The minimum Gasteiger partial charge on any atom is -0.355 e. The van der Waals surface area contributed by atoms with Crippen LogP contribution in [-0.4, -0.2) is 41.6 Å². The van der Waals surface area contributed by atoms with Crippen LogP contribution < -0.4 is 5.32 Å². The van der Waals surface area contributed by atoms with Gasteiger partial charge in [0, 0.05) is 24.2 Å². The van der Waals surface area contributed by atoms with Crippen LogP contribution in [0.1, 0.15) is 36.7 Å². The molecule has 1 aromatic carbocycles. The van der Waals surface area contributed by atoms with Crippen LogP contribution in [-0.2, 0) is 0 Å². The quantitative estimate of drug-likeness (QED) is 0.922. The number of hydrogen-bond acceptors (Lipinski definition) is 4. The van der Waals surface area contributed by atoms with Gasteiger partial charge in [-0.1, -0.05) is 41.9 Å². The number of aromatic nitrogens is 1.